The van der Waals surface area contributed by atoms with E-state index in [1.165, 1.54) is 7.11 Å². The SMILES string of the molecule is COC(=O)C(C)NC(=O)C1(NC(=O)OCc2ccccc2)Cc2ccccc2-c2ccccc2C1. The number of hydrogen-bond donors (Lipinski definition) is 2. The van der Waals surface area contributed by atoms with Gasteiger partial charge in [0, 0.05) is 12.8 Å². The van der Waals surface area contributed by atoms with Crippen LogP contribution in [-0.2, 0) is 38.5 Å². The molecular formula is C28H28N2O5. The molecule has 0 aromatic heterocycles. The van der Waals surface area contributed by atoms with E-state index < -0.39 is 29.6 Å². The first-order chi connectivity index (χ1) is 16.9. The first-order valence-corrected chi connectivity index (χ1v) is 11.5. The van der Waals surface area contributed by atoms with E-state index in [0.717, 1.165) is 27.8 Å². The normalized spacial score (nSPS) is 14.3. The van der Waals surface area contributed by atoms with Crippen molar-refractivity contribution >= 4 is 18.0 Å². The van der Waals surface area contributed by atoms with Crippen LogP contribution in [0, 0.1) is 0 Å². The Morgan fingerprint density at radius 3 is 1.97 bits per heavy atom. The number of amides is 2. The predicted octanol–water partition coefficient (Wildman–Crippen LogP) is 3.80. The van der Waals surface area contributed by atoms with E-state index in [1.807, 2.05) is 78.9 Å². The molecule has 0 aliphatic heterocycles. The summed E-state index contributed by atoms with van der Waals surface area (Å²) >= 11 is 0. The Balaban J connectivity index is 1.69. The third kappa shape index (κ3) is 5.35. The molecular weight excluding hydrogens is 444 g/mol. The minimum Gasteiger partial charge on any atom is -0.467 e. The Morgan fingerprint density at radius 1 is 0.857 bits per heavy atom. The van der Waals surface area contributed by atoms with Crippen molar-refractivity contribution < 1.29 is 23.9 Å². The smallest absolute Gasteiger partial charge is 0.408 e. The van der Waals surface area contributed by atoms with Gasteiger partial charge < -0.3 is 20.1 Å². The van der Waals surface area contributed by atoms with Crippen LogP contribution in [-0.4, -0.2) is 36.7 Å². The molecule has 0 saturated heterocycles. The molecule has 0 bridgehead atoms. The Labute approximate surface area is 204 Å². The molecule has 0 radical (unpaired) electrons. The van der Waals surface area contributed by atoms with Crippen molar-refractivity contribution in [1.29, 1.82) is 0 Å². The van der Waals surface area contributed by atoms with Crippen molar-refractivity contribution in [3.8, 4) is 11.1 Å². The molecule has 7 heteroatoms. The van der Waals surface area contributed by atoms with Crippen molar-refractivity contribution in [2.24, 2.45) is 0 Å². The second-order valence-electron chi connectivity index (χ2n) is 8.65. The van der Waals surface area contributed by atoms with Gasteiger partial charge in [-0.15, -0.1) is 0 Å². The van der Waals surface area contributed by atoms with Crippen molar-refractivity contribution in [3.05, 3.63) is 95.6 Å². The maximum Gasteiger partial charge on any atom is 0.408 e. The van der Waals surface area contributed by atoms with Crippen LogP contribution in [0.4, 0.5) is 4.79 Å². The van der Waals surface area contributed by atoms with Crippen molar-refractivity contribution in [3.63, 3.8) is 0 Å². The highest BCUT2D eigenvalue weighted by atomic mass is 16.5. The molecule has 35 heavy (non-hydrogen) atoms. The van der Waals surface area contributed by atoms with E-state index in [2.05, 4.69) is 10.6 Å². The first kappa shape index (κ1) is 24.0. The van der Waals surface area contributed by atoms with Gasteiger partial charge in [0.25, 0.3) is 0 Å². The highest BCUT2D eigenvalue weighted by Crippen LogP contribution is 2.36. The summed E-state index contributed by atoms with van der Waals surface area (Å²) in [6.45, 7) is 1.61. The molecule has 0 spiro atoms. The van der Waals surface area contributed by atoms with Gasteiger partial charge in [-0.3, -0.25) is 4.79 Å². The topological polar surface area (TPSA) is 93.7 Å². The van der Waals surface area contributed by atoms with Gasteiger partial charge in [-0.05, 0) is 34.7 Å². The van der Waals surface area contributed by atoms with E-state index in [-0.39, 0.29) is 19.4 Å². The van der Waals surface area contributed by atoms with E-state index >= 15 is 0 Å². The molecule has 4 rings (SSSR count). The lowest BCUT2D eigenvalue weighted by molar-refractivity contribution is -0.145. The number of ether oxygens (including phenoxy) is 2. The highest BCUT2D eigenvalue weighted by Gasteiger charge is 2.44. The van der Waals surface area contributed by atoms with E-state index in [9.17, 15) is 14.4 Å². The lowest BCUT2D eigenvalue weighted by atomic mass is 9.85. The summed E-state index contributed by atoms with van der Waals surface area (Å²) in [6.07, 6.45) is -0.276. The van der Waals surface area contributed by atoms with Crippen molar-refractivity contribution in [2.75, 3.05) is 7.11 Å². The molecule has 3 aromatic carbocycles. The molecule has 0 heterocycles. The fourth-order valence-electron chi connectivity index (χ4n) is 4.42. The van der Waals surface area contributed by atoms with Gasteiger partial charge in [-0.2, -0.15) is 0 Å². The molecule has 0 saturated carbocycles. The molecule has 1 unspecified atom stereocenters. The summed E-state index contributed by atoms with van der Waals surface area (Å²) in [4.78, 5) is 38.8. The van der Waals surface area contributed by atoms with Gasteiger partial charge in [0.1, 0.15) is 18.2 Å². The van der Waals surface area contributed by atoms with Gasteiger partial charge in [0.05, 0.1) is 7.11 Å². The lowest BCUT2D eigenvalue weighted by Gasteiger charge is -2.33. The molecule has 180 valence electrons. The minimum absolute atomic E-state index is 0.0656. The number of fused-ring (bicyclic) bond motifs is 3. The van der Waals surface area contributed by atoms with E-state index in [0.29, 0.717) is 0 Å². The summed E-state index contributed by atoms with van der Waals surface area (Å²) in [5.74, 6) is -1.06. The molecule has 2 N–H and O–H groups in total. The van der Waals surface area contributed by atoms with Crippen LogP contribution in [0.1, 0.15) is 23.6 Å². The molecule has 2 amide bonds. The number of methoxy groups -OCH3 is 1. The third-order valence-corrected chi connectivity index (χ3v) is 6.20. The molecule has 7 nitrogen and oxygen atoms in total. The second kappa shape index (κ2) is 10.4. The number of hydrogen-bond acceptors (Lipinski definition) is 5. The average Bonchev–Trinajstić information content (AvgIpc) is 3.02. The van der Waals surface area contributed by atoms with Gasteiger partial charge in [-0.25, -0.2) is 9.59 Å². The zero-order chi connectivity index (χ0) is 24.8. The van der Waals surface area contributed by atoms with E-state index in [4.69, 9.17) is 9.47 Å². The standard InChI is InChI=1S/C28H28N2O5/c1-19(25(31)34-2)29-26(32)28(30-27(33)35-18-20-10-4-3-5-11-20)16-21-12-6-8-14-23(21)24-15-9-7-13-22(24)17-28/h3-15,19H,16-18H2,1-2H3,(H,29,32)(H,30,33). The number of carbonyl (C=O) groups is 3. The quantitative estimate of drug-likeness (QED) is 0.533. The first-order valence-electron chi connectivity index (χ1n) is 11.5. The molecule has 1 aliphatic rings. The van der Waals surface area contributed by atoms with Crippen LogP contribution < -0.4 is 10.6 Å². The largest absolute Gasteiger partial charge is 0.467 e. The number of alkyl carbamates (subject to hydrolysis) is 1. The fraction of sp³-hybridized carbons (Fsp3) is 0.250. The van der Waals surface area contributed by atoms with Gasteiger partial charge >= 0.3 is 12.1 Å². The number of rotatable bonds is 6. The summed E-state index contributed by atoms with van der Waals surface area (Å²) in [6, 6.07) is 24.0. The van der Waals surface area contributed by atoms with Gasteiger partial charge in [0.2, 0.25) is 5.91 Å². The number of esters is 1. The Bertz CT molecular complexity index is 1180. The van der Waals surface area contributed by atoms with Gasteiger partial charge in [-0.1, -0.05) is 78.9 Å². The minimum atomic E-state index is -1.39. The second-order valence-corrected chi connectivity index (χ2v) is 8.65. The monoisotopic (exact) mass is 472 g/mol. The van der Waals surface area contributed by atoms with E-state index in [1.54, 1.807) is 6.92 Å². The summed E-state index contributed by atoms with van der Waals surface area (Å²) in [5.41, 5.74) is 3.25. The average molecular weight is 473 g/mol. The zero-order valence-electron chi connectivity index (χ0n) is 19.7. The van der Waals surface area contributed by atoms with Crippen LogP contribution in [0.5, 0.6) is 0 Å². The molecule has 0 fully saturated rings. The summed E-state index contributed by atoms with van der Waals surface area (Å²) in [5, 5.41) is 5.59. The Hall–Kier alpha value is -4.13. The van der Waals surface area contributed by atoms with Crippen LogP contribution in [0.3, 0.4) is 0 Å². The zero-order valence-corrected chi connectivity index (χ0v) is 19.7. The molecule has 1 aliphatic carbocycles. The Morgan fingerprint density at radius 2 is 1.40 bits per heavy atom. The maximum absolute atomic E-state index is 13.7. The maximum atomic E-state index is 13.7. The van der Waals surface area contributed by atoms with Crippen molar-refractivity contribution in [1.82, 2.24) is 10.6 Å². The summed E-state index contributed by atoms with van der Waals surface area (Å²) in [7, 11) is 1.26. The lowest BCUT2D eigenvalue weighted by Crippen LogP contribution is -2.63. The number of nitrogens with one attached hydrogen (secondary N) is 2. The molecule has 3 aromatic rings. The predicted molar refractivity (Wildman–Crippen MR) is 131 cm³/mol. The highest BCUT2D eigenvalue weighted by molar-refractivity contribution is 5.94. The van der Waals surface area contributed by atoms with Crippen LogP contribution in [0.2, 0.25) is 0 Å². The Kier molecular flexibility index (Phi) is 7.15. The van der Waals surface area contributed by atoms with Crippen molar-refractivity contribution in [2.45, 2.75) is 38.0 Å². The fourth-order valence-corrected chi connectivity index (χ4v) is 4.42. The number of carbonyl (C=O) groups excluding carboxylic acids is 3. The summed E-state index contributed by atoms with van der Waals surface area (Å²) < 4.78 is 10.2. The van der Waals surface area contributed by atoms with Crippen LogP contribution >= 0.6 is 0 Å². The van der Waals surface area contributed by atoms with Crippen LogP contribution in [0.15, 0.2) is 78.9 Å². The van der Waals surface area contributed by atoms with Crippen LogP contribution in [0.25, 0.3) is 11.1 Å². The third-order valence-electron chi connectivity index (χ3n) is 6.20. The number of benzene rings is 3. The molecule has 1 atom stereocenters. The van der Waals surface area contributed by atoms with Gasteiger partial charge in [0.15, 0.2) is 0 Å².